The van der Waals surface area contributed by atoms with E-state index in [0.29, 0.717) is 13.0 Å². The van der Waals surface area contributed by atoms with Crippen LogP contribution in [-0.4, -0.2) is 47.6 Å². The number of aromatic nitrogens is 1. The Kier molecular flexibility index (Phi) is 5.24. The fourth-order valence-corrected chi connectivity index (χ4v) is 2.31. The number of amides is 1. The topological polar surface area (TPSA) is 107 Å². The molecule has 116 valence electrons. The molecule has 0 spiro atoms. The second-order valence-electron chi connectivity index (χ2n) is 5.07. The highest BCUT2D eigenvalue weighted by Gasteiger charge is 2.36. The number of methoxy groups -OCH3 is 1. The van der Waals surface area contributed by atoms with Crippen LogP contribution in [0.5, 0.6) is 0 Å². The fraction of sp³-hybridized carbons (Fsp3) is 0.571. The quantitative estimate of drug-likeness (QED) is 0.709. The largest absolute Gasteiger partial charge is 0.388 e. The van der Waals surface area contributed by atoms with Crippen molar-refractivity contribution >= 4 is 5.91 Å². The van der Waals surface area contributed by atoms with Gasteiger partial charge in [0.25, 0.3) is 5.91 Å². The molecule has 0 saturated carbocycles. The summed E-state index contributed by atoms with van der Waals surface area (Å²) in [6, 6.07) is 2.94. The molecule has 4 atom stereocenters. The lowest BCUT2D eigenvalue weighted by molar-refractivity contribution is -0.213. The third-order valence-electron chi connectivity index (χ3n) is 3.58. The fourth-order valence-electron chi connectivity index (χ4n) is 2.31. The van der Waals surface area contributed by atoms with Gasteiger partial charge in [0.15, 0.2) is 6.29 Å². The van der Waals surface area contributed by atoms with Gasteiger partial charge in [0, 0.05) is 26.3 Å². The minimum absolute atomic E-state index is 0.276. The SMILES string of the molecule is CO[C@H]1C[C@H](NC(=O)c2cc(CN)ccn2)[C@@H](O)[C@H](C)O1. The molecule has 0 unspecified atom stereocenters. The van der Waals surface area contributed by atoms with E-state index in [0.717, 1.165) is 5.56 Å². The Morgan fingerprint density at radius 3 is 3.10 bits per heavy atom. The average Bonchev–Trinajstić information content (AvgIpc) is 2.51. The van der Waals surface area contributed by atoms with Crippen molar-refractivity contribution in [3.63, 3.8) is 0 Å². The molecule has 0 aliphatic carbocycles. The zero-order valence-corrected chi connectivity index (χ0v) is 12.2. The second kappa shape index (κ2) is 6.95. The molecule has 0 aromatic carbocycles. The van der Waals surface area contributed by atoms with Gasteiger partial charge in [-0.3, -0.25) is 9.78 Å². The third kappa shape index (κ3) is 3.76. The number of carbonyl (C=O) groups is 1. The number of hydrogen-bond donors (Lipinski definition) is 3. The van der Waals surface area contributed by atoms with Crippen LogP contribution >= 0.6 is 0 Å². The Morgan fingerprint density at radius 1 is 1.67 bits per heavy atom. The summed E-state index contributed by atoms with van der Waals surface area (Å²) >= 11 is 0. The van der Waals surface area contributed by atoms with Gasteiger partial charge in [-0.05, 0) is 24.6 Å². The van der Waals surface area contributed by atoms with Crippen molar-refractivity contribution in [2.45, 2.75) is 44.4 Å². The molecule has 1 aliphatic rings. The number of hydrogen-bond acceptors (Lipinski definition) is 6. The number of nitrogens with one attached hydrogen (secondary N) is 1. The maximum absolute atomic E-state index is 12.2. The second-order valence-corrected chi connectivity index (χ2v) is 5.07. The number of aliphatic hydroxyl groups excluding tert-OH is 1. The van der Waals surface area contributed by atoms with Gasteiger partial charge < -0.3 is 25.6 Å². The number of pyridine rings is 1. The minimum atomic E-state index is -0.793. The molecule has 2 heterocycles. The maximum atomic E-state index is 12.2. The first-order valence-electron chi connectivity index (χ1n) is 6.87. The van der Waals surface area contributed by atoms with Crippen molar-refractivity contribution in [1.29, 1.82) is 0 Å². The Hall–Kier alpha value is -1.54. The van der Waals surface area contributed by atoms with Crippen molar-refractivity contribution in [2.75, 3.05) is 7.11 Å². The molecule has 7 heteroatoms. The standard InChI is InChI=1S/C14H21N3O4/c1-8-13(18)10(6-12(20-2)21-8)17-14(19)11-5-9(7-15)3-4-16-11/h3-5,8,10,12-13,18H,6-7,15H2,1-2H3,(H,17,19)/t8-,10-,12+,13-/m0/s1. The van der Waals surface area contributed by atoms with Crippen LogP contribution in [0.2, 0.25) is 0 Å². The summed E-state index contributed by atoms with van der Waals surface area (Å²) in [6.45, 7) is 2.08. The first kappa shape index (κ1) is 15.8. The van der Waals surface area contributed by atoms with Crippen LogP contribution in [0.25, 0.3) is 0 Å². The summed E-state index contributed by atoms with van der Waals surface area (Å²) in [5, 5.41) is 12.9. The minimum Gasteiger partial charge on any atom is -0.388 e. The lowest BCUT2D eigenvalue weighted by Crippen LogP contribution is -2.55. The van der Waals surface area contributed by atoms with Crippen LogP contribution in [0.15, 0.2) is 18.3 Å². The predicted octanol–water partition coefficient (Wildman–Crippen LogP) is -0.219. The highest BCUT2D eigenvalue weighted by molar-refractivity contribution is 5.92. The number of aliphatic hydroxyl groups is 1. The van der Waals surface area contributed by atoms with Gasteiger partial charge in [-0.2, -0.15) is 0 Å². The molecule has 1 aromatic heterocycles. The van der Waals surface area contributed by atoms with Gasteiger partial charge in [-0.1, -0.05) is 0 Å². The number of rotatable bonds is 4. The van der Waals surface area contributed by atoms with Crippen molar-refractivity contribution in [1.82, 2.24) is 10.3 Å². The van der Waals surface area contributed by atoms with Gasteiger partial charge in [-0.15, -0.1) is 0 Å². The van der Waals surface area contributed by atoms with E-state index in [1.54, 1.807) is 19.1 Å². The van der Waals surface area contributed by atoms with Gasteiger partial charge in [0.2, 0.25) is 0 Å². The van der Waals surface area contributed by atoms with Gasteiger partial charge >= 0.3 is 0 Å². The van der Waals surface area contributed by atoms with Gasteiger partial charge in [0.05, 0.1) is 12.1 Å². The van der Waals surface area contributed by atoms with Crippen LogP contribution in [0.1, 0.15) is 29.4 Å². The van der Waals surface area contributed by atoms with Crippen LogP contribution in [0, 0.1) is 0 Å². The first-order chi connectivity index (χ1) is 10.0. The summed E-state index contributed by atoms with van der Waals surface area (Å²) in [5.41, 5.74) is 6.65. The Labute approximate surface area is 123 Å². The summed E-state index contributed by atoms with van der Waals surface area (Å²) in [5.74, 6) is -0.349. The summed E-state index contributed by atoms with van der Waals surface area (Å²) < 4.78 is 10.6. The molecule has 1 amide bonds. The predicted molar refractivity (Wildman–Crippen MR) is 75.4 cm³/mol. The van der Waals surface area contributed by atoms with Crippen molar-refractivity contribution in [3.8, 4) is 0 Å². The van der Waals surface area contributed by atoms with E-state index in [2.05, 4.69) is 10.3 Å². The van der Waals surface area contributed by atoms with Crippen molar-refractivity contribution < 1.29 is 19.4 Å². The molecule has 0 radical (unpaired) electrons. The average molecular weight is 295 g/mol. The van der Waals surface area contributed by atoms with E-state index in [1.165, 1.54) is 13.3 Å². The van der Waals surface area contributed by atoms with E-state index >= 15 is 0 Å². The Balaban J connectivity index is 2.06. The van der Waals surface area contributed by atoms with E-state index in [-0.39, 0.29) is 11.6 Å². The Morgan fingerprint density at radius 2 is 2.43 bits per heavy atom. The van der Waals surface area contributed by atoms with Crippen LogP contribution < -0.4 is 11.1 Å². The zero-order chi connectivity index (χ0) is 15.4. The van der Waals surface area contributed by atoms with Crippen molar-refractivity contribution in [3.05, 3.63) is 29.6 Å². The highest BCUT2D eigenvalue weighted by Crippen LogP contribution is 2.21. The van der Waals surface area contributed by atoms with Gasteiger partial charge in [-0.25, -0.2) is 0 Å². The van der Waals surface area contributed by atoms with Crippen LogP contribution in [0.3, 0.4) is 0 Å². The molecule has 1 saturated heterocycles. The molecular weight excluding hydrogens is 274 g/mol. The van der Waals surface area contributed by atoms with E-state index in [9.17, 15) is 9.90 Å². The smallest absolute Gasteiger partial charge is 0.270 e. The van der Waals surface area contributed by atoms with Crippen LogP contribution in [-0.2, 0) is 16.0 Å². The highest BCUT2D eigenvalue weighted by atomic mass is 16.7. The molecule has 7 nitrogen and oxygen atoms in total. The number of nitrogens with zero attached hydrogens (tertiary/aromatic N) is 1. The molecule has 21 heavy (non-hydrogen) atoms. The molecule has 2 rings (SSSR count). The monoisotopic (exact) mass is 295 g/mol. The van der Waals surface area contributed by atoms with Gasteiger partial charge in [0.1, 0.15) is 11.8 Å². The molecule has 1 aromatic rings. The molecular formula is C14H21N3O4. The molecule has 1 fully saturated rings. The normalized spacial score (nSPS) is 29.1. The summed E-state index contributed by atoms with van der Waals surface area (Å²) in [7, 11) is 1.53. The third-order valence-corrected chi connectivity index (χ3v) is 3.58. The first-order valence-corrected chi connectivity index (χ1v) is 6.87. The number of ether oxygens (including phenoxy) is 2. The van der Waals surface area contributed by atoms with E-state index < -0.39 is 24.5 Å². The molecule has 0 bridgehead atoms. The summed E-state index contributed by atoms with van der Waals surface area (Å²) in [6.07, 6.45) is 0.259. The van der Waals surface area contributed by atoms with Crippen molar-refractivity contribution in [2.24, 2.45) is 5.73 Å². The summed E-state index contributed by atoms with van der Waals surface area (Å²) in [4.78, 5) is 16.2. The Bertz CT molecular complexity index is 497. The zero-order valence-electron chi connectivity index (χ0n) is 12.2. The number of carbonyl (C=O) groups excluding carboxylic acids is 1. The number of nitrogens with two attached hydrogens (primary N) is 1. The van der Waals surface area contributed by atoms with E-state index in [1.807, 2.05) is 0 Å². The lowest BCUT2D eigenvalue weighted by Gasteiger charge is -2.37. The van der Waals surface area contributed by atoms with E-state index in [4.69, 9.17) is 15.2 Å². The maximum Gasteiger partial charge on any atom is 0.270 e. The molecule has 4 N–H and O–H groups in total. The molecule has 1 aliphatic heterocycles. The lowest BCUT2D eigenvalue weighted by atomic mass is 9.99. The van der Waals surface area contributed by atoms with Crippen LogP contribution in [0.4, 0.5) is 0 Å².